The number of hydrogen-bond donors (Lipinski definition) is 1. The summed E-state index contributed by atoms with van der Waals surface area (Å²) in [6.07, 6.45) is 5.64. The molecule has 3 heteroatoms. The molecule has 0 amide bonds. The van der Waals surface area contributed by atoms with Crippen LogP contribution in [0.2, 0.25) is 0 Å². The van der Waals surface area contributed by atoms with Gasteiger partial charge in [-0.3, -0.25) is 9.88 Å². The first-order valence-electron chi connectivity index (χ1n) is 7.61. The Kier molecular flexibility index (Phi) is 4.28. The molecule has 0 spiro atoms. The molecule has 0 saturated carbocycles. The molecule has 2 aromatic rings. The van der Waals surface area contributed by atoms with Crippen molar-refractivity contribution in [2.75, 3.05) is 19.6 Å². The average molecular weight is 269 g/mol. The number of pyridine rings is 1. The second-order valence-corrected chi connectivity index (χ2v) is 5.83. The van der Waals surface area contributed by atoms with E-state index in [1.165, 1.54) is 43.3 Å². The van der Waals surface area contributed by atoms with Crippen molar-refractivity contribution in [2.45, 2.75) is 25.8 Å². The summed E-state index contributed by atoms with van der Waals surface area (Å²) in [6, 6.07) is 10.8. The highest BCUT2D eigenvalue weighted by Gasteiger charge is 2.18. The molecule has 1 aromatic heterocycles. The number of likely N-dealkylation sites (tertiary alicyclic amines) is 1. The van der Waals surface area contributed by atoms with Crippen LogP contribution in [0.1, 0.15) is 24.8 Å². The maximum absolute atomic E-state index is 5.65. The minimum Gasteiger partial charge on any atom is -0.330 e. The van der Waals surface area contributed by atoms with Gasteiger partial charge in [-0.15, -0.1) is 0 Å². The van der Waals surface area contributed by atoms with Gasteiger partial charge in [0.15, 0.2) is 0 Å². The summed E-state index contributed by atoms with van der Waals surface area (Å²) >= 11 is 0. The van der Waals surface area contributed by atoms with Crippen LogP contribution < -0.4 is 5.73 Å². The van der Waals surface area contributed by atoms with Gasteiger partial charge in [0.05, 0.1) is 5.52 Å². The second-order valence-electron chi connectivity index (χ2n) is 5.83. The van der Waals surface area contributed by atoms with Gasteiger partial charge in [0.2, 0.25) is 0 Å². The van der Waals surface area contributed by atoms with Crippen molar-refractivity contribution in [3.05, 3.63) is 42.1 Å². The van der Waals surface area contributed by atoms with E-state index >= 15 is 0 Å². The Hall–Kier alpha value is -1.45. The minimum absolute atomic E-state index is 0.836. The van der Waals surface area contributed by atoms with Crippen LogP contribution in [0.4, 0.5) is 0 Å². The lowest BCUT2D eigenvalue weighted by atomic mass is 9.93. The summed E-state index contributed by atoms with van der Waals surface area (Å²) < 4.78 is 0. The predicted octanol–water partition coefficient (Wildman–Crippen LogP) is 2.80. The molecular weight excluding hydrogens is 246 g/mol. The van der Waals surface area contributed by atoms with E-state index in [4.69, 9.17) is 5.73 Å². The van der Waals surface area contributed by atoms with Crippen LogP contribution >= 0.6 is 0 Å². The van der Waals surface area contributed by atoms with E-state index in [2.05, 4.69) is 34.1 Å². The summed E-state index contributed by atoms with van der Waals surface area (Å²) in [5.41, 5.74) is 8.12. The molecule has 0 aliphatic carbocycles. The van der Waals surface area contributed by atoms with Crippen molar-refractivity contribution < 1.29 is 0 Å². The van der Waals surface area contributed by atoms with Crippen molar-refractivity contribution in [3.63, 3.8) is 0 Å². The Morgan fingerprint density at radius 3 is 2.85 bits per heavy atom. The standard InChI is InChI=1S/C17H23N3/c18-8-5-14-6-10-20(11-7-14)13-15-3-4-17-16(12-15)2-1-9-19-17/h1-4,9,12,14H,5-8,10-11,13,18H2. The SMILES string of the molecule is NCCC1CCN(Cc2ccc3ncccc3c2)CC1. The molecule has 1 saturated heterocycles. The zero-order chi connectivity index (χ0) is 13.8. The molecule has 20 heavy (non-hydrogen) atoms. The van der Waals surface area contributed by atoms with Crippen LogP contribution in [-0.4, -0.2) is 29.5 Å². The number of piperidine rings is 1. The molecule has 1 aliphatic heterocycles. The van der Waals surface area contributed by atoms with Gasteiger partial charge >= 0.3 is 0 Å². The van der Waals surface area contributed by atoms with Crippen molar-refractivity contribution in [1.29, 1.82) is 0 Å². The number of fused-ring (bicyclic) bond motifs is 1. The maximum atomic E-state index is 5.65. The van der Waals surface area contributed by atoms with Crippen LogP contribution in [-0.2, 0) is 6.54 Å². The fourth-order valence-electron chi connectivity index (χ4n) is 3.15. The molecule has 3 nitrogen and oxygen atoms in total. The monoisotopic (exact) mass is 269 g/mol. The molecule has 0 radical (unpaired) electrons. The Bertz CT molecular complexity index is 559. The summed E-state index contributed by atoms with van der Waals surface area (Å²) in [4.78, 5) is 6.93. The predicted molar refractivity (Wildman–Crippen MR) is 83.4 cm³/mol. The van der Waals surface area contributed by atoms with E-state index in [-0.39, 0.29) is 0 Å². The lowest BCUT2D eigenvalue weighted by Gasteiger charge is -2.31. The third kappa shape index (κ3) is 3.17. The Morgan fingerprint density at radius 2 is 2.05 bits per heavy atom. The second kappa shape index (κ2) is 6.33. The van der Waals surface area contributed by atoms with Crippen LogP contribution in [0.5, 0.6) is 0 Å². The van der Waals surface area contributed by atoms with Crippen LogP contribution in [0.25, 0.3) is 10.9 Å². The average Bonchev–Trinajstić information content (AvgIpc) is 2.49. The Balaban J connectivity index is 1.62. The third-order valence-corrected chi connectivity index (χ3v) is 4.36. The van der Waals surface area contributed by atoms with Gasteiger partial charge in [-0.1, -0.05) is 12.1 Å². The maximum Gasteiger partial charge on any atom is 0.0702 e. The molecule has 2 N–H and O–H groups in total. The minimum atomic E-state index is 0.836. The van der Waals surface area contributed by atoms with Crippen LogP contribution in [0.15, 0.2) is 36.5 Å². The van der Waals surface area contributed by atoms with Crippen LogP contribution in [0.3, 0.4) is 0 Å². The highest BCUT2D eigenvalue weighted by molar-refractivity contribution is 5.78. The van der Waals surface area contributed by atoms with E-state index in [0.717, 1.165) is 24.5 Å². The van der Waals surface area contributed by atoms with E-state index in [1.54, 1.807) is 0 Å². The summed E-state index contributed by atoms with van der Waals surface area (Å²) in [6.45, 7) is 4.30. The fraction of sp³-hybridized carbons (Fsp3) is 0.471. The summed E-state index contributed by atoms with van der Waals surface area (Å²) in [5, 5.41) is 1.24. The number of nitrogens with zero attached hydrogens (tertiary/aromatic N) is 2. The van der Waals surface area contributed by atoms with E-state index in [1.807, 2.05) is 12.3 Å². The van der Waals surface area contributed by atoms with E-state index in [0.29, 0.717) is 0 Å². The number of benzene rings is 1. The third-order valence-electron chi connectivity index (χ3n) is 4.36. The molecular formula is C17H23N3. The first-order chi connectivity index (χ1) is 9.85. The van der Waals surface area contributed by atoms with Gasteiger partial charge < -0.3 is 5.73 Å². The van der Waals surface area contributed by atoms with E-state index < -0.39 is 0 Å². The Labute approximate surface area is 120 Å². The molecule has 2 heterocycles. The number of aromatic nitrogens is 1. The first-order valence-corrected chi connectivity index (χ1v) is 7.61. The van der Waals surface area contributed by atoms with Crippen molar-refractivity contribution in [3.8, 4) is 0 Å². The summed E-state index contributed by atoms with van der Waals surface area (Å²) in [7, 11) is 0. The molecule has 0 atom stereocenters. The van der Waals surface area contributed by atoms with Gasteiger partial charge in [-0.2, -0.15) is 0 Å². The first kappa shape index (κ1) is 13.5. The Morgan fingerprint density at radius 1 is 1.20 bits per heavy atom. The number of rotatable bonds is 4. The number of nitrogens with two attached hydrogens (primary N) is 1. The number of hydrogen-bond acceptors (Lipinski definition) is 3. The van der Waals surface area contributed by atoms with Crippen molar-refractivity contribution in [1.82, 2.24) is 9.88 Å². The molecule has 106 valence electrons. The molecule has 3 rings (SSSR count). The van der Waals surface area contributed by atoms with Gasteiger partial charge in [-0.05, 0) is 68.6 Å². The molecule has 1 aromatic carbocycles. The van der Waals surface area contributed by atoms with Crippen LogP contribution in [0, 0.1) is 5.92 Å². The zero-order valence-corrected chi connectivity index (χ0v) is 12.0. The molecule has 1 aliphatic rings. The van der Waals surface area contributed by atoms with Crippen molar-refractivity contribution >= 4 is 10.9 Å². The van der Waals surface area contributed by atoms with Gasteiger partial charge in [0.1, 0.15) is 0 Å². The fourth-order valence-corrected chi connectivity index (χ4v) is 3.15. The van der Waals surface area contributed by atoms with Crippen molar-refractivity contribution in [2.24, 2.45) is 11.7 Å². The highest BCUT2D eigenvalue weighted by atomic mass is 15.1. The van der Waals surface area contributed by atoms with E-state index in [9.17, 15) is 0 Å². The topological polar surface area (TPSA) is 42.1 Å². The molecule has 1 fully saturated rings. The molecule has 0 bridgehead atoms. The smallest absolute Gasteiger partial charge is 0.0702 e. The quantitative estimate of drug-likeness (QED) is 0.928. The lowest BCUT2D eigenvalue weighted by Crippen LogP contribution is -2.33. The normalized spacial score (nSPS) is 17.6. The summed E-state index contributed by atoms with van der Waals surface area (Å²) in [5.74, 6) is 0.844. The largest absolute Gasteiger partial charge is 0.330 e. The highest BCUT2D eigenvalue weighted by Crippen LogP contribution is 2.22. The van der Waals surface area contributed by atoms with Gasteiger partial charge in [0.25, 0.3) is 0 Å². The van der Waals surface area contributed by atoms with Gasteiger partial charge in [0, 0.05) is 18.1 Å². The molecule has 0 unspecified atom stereocenters. The van der Waals surface area contributed by atoms with Gasteiger partial charge in [-0.25, -0.2) is 0 Å². The zero-order valence-electron chi connectivity index (χ0n) is 12.0. The lowest BCUT2D eigenvalue weighted by molar-refractivity contribution is 0.173.